The first kappa shape index (κ1) is 15.6. The fourth-order valence-electron chi connectivity index (χ4n) is 2.52. The Balaban J connectivity index is 1.85. The number of hydrogen-bond acceptors (Lipinski definition) is 3. The van der Waals surface area contributed by atoms with Crippen molar-refractivity contribution < 1.29 is 13.2 Å². The van der Waals surface area contributed by atoms with E-state index in [0.29, 0.717) is 22.9 Å². The highest BCUT2D eigenvalue weighted by atomic mass is 32.2. The first-order chi connectivity index (χ1) is 10.8. The topological polar surface area (TPSA) is 75.3 Å². The van der Waals surface area contributed by atoms with Gasteiger partial charge in [0.15, 0.2) is 0 Å². The van der Waals surface area contributed by atoms with E-state index in [1.807, 2.05) is 12.1 Å². The normalized spacial score (nSPS) is 13.8. The third-order valence-corrected chi connectivity index (χ3v) is 5.22. The molecule has 0 aromatic heterocycles. The second-order valence-electron chi connectivity index (χ2n) is 5.93. The van der Waals surface area contributed by atoms with Gasteiger partial charge in [-0.3, -0.25) is 9.52 Å². The Morgan fingerprint density at radius 3 is 2.43 bits per heavy atom. The van der Waals surface area contributed by atoms with E-state index in [-0.39, 0.29) is 17.2 Å². The van der Waals surface area contributed by atoms with Gasteiger partial charge >= 0.3 is 0 Å². The molecule has 0 aliphatic carbocycles. The average molecular weight is 330 g/mol. The van der Waals surface area contributed by atoms with E-state index in [2.05, 4.69) is 23.9 Å². The standard InChI is InChI=1S/C17H18N2O3S/c1-11(2)12-3-5-14(6-4-12)19-23(21,22)15-7-8-16-13(9-15)10-17(20)18-16/h3-9,11,19H,10H2,1-2H3,(H,18,20). The average Bonchev–Trinajstić information content (AvgIpc) is 2.86. The lowest BCUT2D eigenvalue weighted by Gasteiger charge is -2.11. The van der Waals surface area contributed by atoms with E-state index < -0.39 is 10.0 Å². The molecule has 3 rings (SSSR count). The highest BCUT2D eigenvalue weighted by Gasteiger charge is 2.21. The summed E-state index contributed by atoms with van der Waals surface area (Å²) in [5, 5.41) is 2.69. The predicted molar refractivity (Wildman–Crippen MR) is 90.1 cm³/mol. The Kier molecular flexibility index (Phi) is 3.85. The van der Waals surface area contributed by atoms with Crippen LogP contribution in [-0.4, -0.2) is 14.3 Å². The van der Waals surface area contributed by atoms with Crippen LogP contribution in [0.3, 0.4) is 0 Å². The van der Waals surface area contributed by atoms with Crippen molar-refractivity contribution in [3.05, 3.63) is 53.6 Å². The third kappa shape index (κ3) is 3.22. The maximum absolute atomic E-state index is 12.5. The lowest BCUT2D eigenvalue weighted by molar-refractivity contribution is -0.115. The molecule has 1 aliphatic heterocycles. The molecule has 1 heterocycles. The predicted octanol–water partition coefficient (Wildman–Crippen LogP) is 3.11. The van der Waals surface area contributed by atoms with Gasteiger partial charge in [0.1, 0.15) is 0 Å². The van der Waals surface area contributed by atoms with Crippen LogP contribution in [0.15, 0.2) is 47.4 Å². The van der Waals surface area contributed by atoms with Crippen LogP contribution in [-0.2, 0) is 21.2 Å². The molecule has 6 heteroatoms. The van der Waals surface area contributed by atoms with Crippen LogP contribution >= 0.6 is 0 Å². The van der Waals surface area contributed by atoms with E-state index >= 15 is 0 Å². The lowest BCUT2D eigenvalue weighted by atomic mass is 10.0. The Morgan fingerprint density at radius 2 is 1.78 bits per heavy atom. The van der Waals surface area contributed by atoms with Crippen molar-refractivity contribution in [1.82, 2.24) is 0 Å². The first-order valence-corrected chi connectivity index (χ1v) is 8.89. The van der Waals surface area contributed by atoms with E-state index in [4.69, 9.17) is 0 Å². The molecule has 2 aromatic rings. The molecular formula is C17H18N2O3S. The van der Waals surface area contributed by atoms with Crippen molar-refractivity contribution in [3.63, 3.8) is 0 Å². The number of amides is 1. The number of anilines is 2. The Labute approximate surface area is 135 Å². The van der Waals surface area contributed by atoms with Crippen LogP contribution in [0, 0.1) is 0 Å². The molecule has 0 spiro atoms. The summed E-state index contributed by atoms with van der Waals surface area (Å²) in [5.41, 5.74) is 3.04. The fraction of sp³-hybridized carbons (Fsp3) is 0.235. The van der Waals surface area contributed by atoms with Gasteiger partial charge in [-0.05, 0) is 47.4 Å². The second kappa shape index (κ2) is 5.70. The molecule has 23 heavy (non-hydrogen) atoms. The van der Waals surface area contributed by atoms with Crippen molar-refractivity contribution in [2.75, 3.05) is 10.0 Å². The summed E-state index contributed by atoms with van der Waals surface area (Å²) >= 11 is 0. The molecule has 120 valence electrons. The Bertz CT molecular complexity index is 856. The Morgan fingerprint density at radius 1 is 1.09 bits per heavy atom. The zero-order valence-corrected chi connectivity index (χ0v) is 13.8. The molecule has 2 N–H and O–H groups in total. The minimum absolute atomic E-state index is 0.119. The molecule has 0 saturated carbocycles. The van der Waals surface area contributed by atoms with Crippen LogP contribution in [0.4, 0.5) is 11.4 Å². The highest BCUT2D eigenvalue weighted by Crippen LogP contribution is 2.27. The summed E-state index contributed by atoms with van der Waals surface area (Å²) in [6, 6.07) is 12.0. The molecule has 0 unspecified atom stereocenters. The number of sulfonamides is 1. The van der Waals surface area contributed by atoms with E-state index in [1.54, 1.807) is 18.2 Å². The summed E-state index contributed by atoms with van der Waals surface area (Å²) in [6.07, 6.45) is 0.210. The molecule has 1 amide bonds. The molecule has 5 nitrogen and oxygen atoms in total. The van der Waals surface area contributed by atoms with Crippen molar-refractivity contribution in [2.24, 2.45) is 0 Å². The Hall–Kier alpha value is -2.34. The van der Waals surface area contributed by atoms with Crippen molar-refractivity contribution >= 4 is 27.3 Å². The largest absolute Gasteiger partial charge is 0.326 e. The lowest BCUT2D eigenvalue weighted by Crippen LogP contribution is -2.13. The van der Waals surface area contributed by atoms with Gasteiger partial charge in [0.05, 0.1) is 11.3 Å². The number of hydrogen-bond donors (Lipinski definition) is 2. The van der Waals surface area contributed by atoms with Gasteiger partial charge in [0.2, 0.25) is 5.91 Å². The molecule has 1 aliphatic rings. The highest BCUT2D eigenvalue weighted by molar-refractivity contribution is 7.92. The van der Waals surface area contributed by atoms with Crippen LogP contribution in [0.5, 0.6) is 0 Å². The van der Waals surface area contributed by atoms with Gasteiger partial charge in [-0.25, -0.2) is 8.42 Å². The maximum Gasteiger partial charge on any atom is 0.261 e. The van der Waals surface area contributed by atoms with E-state index in [0.717, 1.165) is 5.56 Å². The summed E-state index contributed by atoms with van der Waals surface area (Å²) in [4.78, 5) is 11.5. The zero-order chi connectivity index (χ0) is 16.6. The van der Waals surface area contributed by atoms with E-state index in [9.17, 15) is 13.2 Å². The molecule has 0 saturated heterocycles. The number of benzene rings is 2. The number of nitrogens with one attached hydrogen (secondary N) is 2. The van der Waals surface area contributed by atoms with Gasteiger partial charge < -0.3 is 5.32 Å². The van der Waals surface area contributed by atoms with Gasteiger partial charge in [-0.15, -0.1) is 0 Å². The maximum atomic E-state index is 12.5. The van der Waals surface area contributed by atoms with Crippen molar-refractivity contribution in [2.45, 2.75) is 31.1 Å². The van der Waals surface area contributed by atoms with Gasteiger partial charge in [-0.2, -0.15) is 0 Å². The van der Waals surface area contributed by atoms with Gasteiger partial charge in [0, 0.05) is 11.4 Å². The van der Waals surface area contributed by atoms with Crippen LogP contribution in [0.25, 0.3) is 0 Å². The van der Waals surface area contributed by atoms with Gasteiger partial charge in [-0.1, -0.05) is 26.0 Å². The van der Waals surface area contributed by atoms with Crippen LogP contribution in [0.2, 0.25) is 0 Å². The smallest absolute Gasteiger partial charge is 0.261 e. The quantitative estimate of drug-likeness (QED) is 0.904. The SMILES string of the molecule is CC(C)c1ccc(NS(=O)(=O)c2ccc3c(c2)CC(=O)N3)cc1. The first-order valence-electron chi connectivity index (χ1n) is 7.41. The summed E-state index contributed by atoms with van der Waals surface area (Å²) in [6.45, 7) is 4.16. The van der Waals surface area contributed by atoms with Gasteiger partial charge in [0.25, 0.3) is 10.0 Å². The minimum atomic E-state index is -3.67. The zero-order valence-electron chi connectivity index (χ0n) is 13.0. The third-order valence-electron chi connectivity index (χ3n) is 3.84. The number of carbonyl (C=O) groups is 1. The minimum Gasteiger partial charge on any atom is -0.326 e. The molecule has 0 radical (unpaired) electrons. The second-order valence-corrected chi connectivity index (χ2v) is 7.61. The summed E-state index contributed by atoms with van der Waals surface area (Å²) in [5.74, 6) is 0.272. The summed E-state index contributed by atoms with van der Waals surface area (Å²) in [7, 11) is -3.67. The number of rotatable bonds is 4. The number of carbonyl (C=O) groups excluding carboxylic acids is 1. The van der Waals surface area contributed by atoms with Crippen molar-refractivity contribution in [1.29, 1.82) is 0 Å². The van der Waals surface area contributed by atoms with Crippen molar-refractivity contribution in [3.8, 4) is 0 Å². The van der Waals surface area contributed by atoms with Crippen LogP contribution < -0.4 is 10.0 Å². The molecule has 0 atom stereocenters. The molecule has 0 bridgehead atoms. The molecule has 2 aromatic carbocycles. The monoisotopic (exact) mass is 330 g/mol. The van der Waals surface area contributed by atoms with E-state index in [1.165, 1.54) is 12.1 Å². The van der Waals surface area contributed by atoms with Crippen LogP contribution in [0.1, 0.15) is 30.9 Å². The fourth-order valence-corrected chi connectivity index (χ4v) is 3.63. The molecule has 0 fully saturated rings. The summed E-state index contributed by atoms with van der Waals surface area (Å²) < 4.78 is 27.5. The molecular weight excluding hydrogens is 312 g/mol. The number of fused-ring (bicyclic) bond motifs is 1.